The maximum atomic E-state index is 13.5. The average Bonchev–Trinajstić information content (AvgIpc) is 2.76. The van der Waals surface area contributed by atoms with E-state index >= 15 is 0 Å². The Morgan fingerprint density at radius 3 is 2.57 bits per heavy atom. The first kappa shape index (κ1) is 20.7. The van der Waals surface area contributed by atoms with Crippen molar-refractivity contribution in [1.29, 1.82) is 0 Å². The highest BCUT2D eigenvalue weighted by atomic mass is 32.2. The van der Waals surface area contributed by atoms with Gasteiger partial charge in [-0.3, -0.25) is 14.2 Å². The average molecular weight is 422 g/mol. The standard InChI is InChI=1S/C24H27N3O2S/c1-16-11-12-17(2)21(15-16)27-23(29)19-9-5-6-10-20(19)25-24(27)30-18(3)22(28)26-13-7-4-8-14-26/h5-6,9-12,15,18H,4,7-8,13-14H2,1-3H3. The monoisotopic (exact) mass is 421 g/mol. The molecule has 1 aliphatic rings. The molecule has 1 fully saturated rings. The van der Waals surface area contributed by atoms with Crippen LogP contribution in [0.5, 0.6) is 0 Å². The van der Waals surface area contributed by atoms with Crippen LogP contribution in [0.1, 0.15) is 37.3 Å². The van der Waals surface area contributed by atoms with Crippen LogP contribution in [0.25, 0.3) is 16.6 Å². The molecule has 0 radical (unpaired) electrons. The number of nitrogens with zero attached hydrogens (tertiary/aromatic N) is 3. The molecule has 0 aliphatic carbocycles. The molecule has 6 heteroatoms. The van der Waals surface area contributed by atoms with Crippen molar-refractivity contribution in [2.45, 2.75) is 50.4 Å². The number of carbonyl (C=O) groups is 1. The van der Waals surface area contributed by atoms with E-state index in [0.29, 0.717) is 16.1 Å². The predicted octanol–water partition coefficient (Wildman–Crippen LogP) is 4.50. The lowest BCUT2D eigenvalue weighted by molar-refractivity contribution is -0.131. The van der Waals surface area contributed by atoms with Gasteiger partial charge in [0.1, 0.15) is 0 Å². The number of rotatable bonds is 4. The van der Waals surface area contributed by atoms with Crippen LogP contribution in [-0.2, 0) is 4.79 Å². The number of amides is 1. The molecule has 4 rings (SSSR count). The van der Waals surface area contributed by atoms with E-state index in [-0.39, 0.29) is 16.7 Å². The highest BCUT2D eigenvalue weighted by Crippen LogP contribution is 2.28. The summed E-state index contributed by atoms with van der Waals surface area (Å²) in [5, 5.41) is 0.829. The molecule has 2 aromatic carbocycles. The second kappa shape index (κ2) is 8.64. The van der Waals surface area contributed by atoms with E-state index in [1.54, 1.807) is 4.57 Å². The van der Waals surface area contributed by atoms with E-state index in [0.717, 1.165) is 42.7 Å². The molecule has 0 bridgehead atoms. The number of carbonyl (C=O) groups excluding carboxylic acids is 1. The minimum absolute atomic E-state index is 0.102. The summed E-state index contributed by atoms with van der Waals surface area (Å²) in [7, 11) is 0. The zero-order chi connectivity index (χ0) is 21.3. The molecule has 5 nitrogen and oxygen atoms in total. The smallest absolute Gasteiger partial charge is 0.266 e. The fraction of sp³-hybridized carbons (Fsp3) is 0.375. The molecule has 0 saturated carbocycles. The number of para-hydroxylation sites is 1. The van der Waals surface area contributed by atoms with Crippen molar-refractivity contribution in [3.8, 4) is 5.69 Å². The molecule has 0 N–H and O–H groups in total. The van der Waals surface area contributed by atoms with Gasteiger partial charge < -0.3 is 4.90 Å². The third-order valence-corrected chi connectivity index (χ3v) is 6.69. The summed E-state index contributed by atoms with van der Waals surface area (Å²) in [4.78, 5) is 33.2. The van der Waals surface area contributed by atoms with Gasteiger partial charge in [-0.25, -0.2) is 4.98 Å². The molecule has 2 heterocycles. The Morgan fingerprint density at radius 1 is 1.07 bits per heavy atom. The third-order valence-electron chi connectivity index (χ3n) is 5.65. The number of likely N-dealkylation sites (tertiary alicyclic amines) is 1. The summed E-state index contributed by atoms with van der Waals surface area (Å²) in [5.41, 5.74) is 3.44. The lowest BCUT2D eigenvalue weighted by Gasteiger charge is -2.29. The van der Waals surface area contributed by atoms with Crippen LogP contribution in [-0.4, -0.2) is 38.7 Å². The Hall–Kier alpha value is -2.60. The van der Waals surface area contributed by atoms with E-state index in [2.05, 4.69) is 0 Å². The van der Waals surface area contributed by atoms with Gasteiger partial charge in [0.15, 0.2) is 5.16 Å². The van der Waals surface area contributed by atoms with Crippen LogP contribution in [0.2, 0.25) is 0 Å². The van der Waals surface area contributed by atoms with Crippen molar-refractivity contribution in [3.05, 3.63) is 63.9 Å². The predicted molar refractivity (Wildman–Crippen MR) is 123 cm³/mol. The molecule has 30 heavy (non-hydrogen) atoms. The van der Waals surface area contributed by atoms with Crippen molar-refractivity contribution in [3.63, 3.8) is 0 Å². The highest BCUT2D eigenvalue weighted by Gasteiger charge is 2.25. The highest BCUT2D eigenvalue weighted by molar-refractivity contribution is 8.00. The number of piperidine rings is 1. The Balaban J connectivity index is 1.81. The second-order valence-electron chi connectivity index (χ2n) is 7.99. The fourth-order valence-corrected chi connectivity index (χ4v) is 4.95. The van der Waals surface area contributed by atoms with Crippen LogP contribution < -0.4 is 5.56 Å². The van der Waals surface area contributed by atoms with Gasteiger partial charge in [0.25, 0.3) is 5.56 Å². The molecule has 1 unspecified atom stereocenters. The number of aromatic nitrogens is 2. The summed E-state index contributed by atoms with van der Waals surface area (Å²) in [5.74, 6) is 0.120. The first-order valence-electron chi connectivity index (χ1n) is 10.5. The number of hydrogen-bond acceptors (Lipinski definition) is 4. The molecular weight excluding hydrogens is 394 g/mol. The maximum absolute atomic E-state index is 13.5. The van der Waals surface area contributed by atoms with Gasteiger partial charge in [0.05, 0.1) is 21.8 Å². The first-order chi connectivity index (χ1) is 14.5. The van der Waals surface area contributed by atoms with Gasteiger partial charge in [0.2, 0.25) is 5.91 Å². The molecule has 1 aliphatic heterocycles. The Bertz CT molecular complexity index is 1150. The van der Waals surface area contributed by atoms with Gasteiger partial charge in [-0.15, -0.1) is 0 Å². The molecule has 0 spiro atoms. The summed E-state index contributed by atoms with van der Waals surface area (Å²) < 4.78 is 1.68. The maximum Gasteiger partial charge on any atom is 0.266 e. The Kier molecular flexibility index (Phi) is 5.95. The van der Waals surface area contributed by atoms with Crippen LogP contribution in [0.3, 0.4) is 0 Å². The largest absolute Gasteiger partial charge is 0.342 e. The molecule has 156 valence electrons. The molecular formula is C24H27N3O2S. The van der Waals surface area contributed by atoms with Crippen LogP contribution in [0.4, 0.5) is 0 Å². The fourth-order valence-electron chi connectivity index (χ4n) is 3.94. The summed E-state index contributed by atoms with van der Waals surface area (Å²) in [6.45, 7) is 7.55. The van der Waals surface area contributed by atoms with E-state index in [1.807, 2.05) is 68.1 Å². The quantitative estimate of drug-likeness (QED) is 0.460. The van der Waals surface area contributed by atoms with Gasteiger partial charge in [0, 0.05) is 13.1 Å². The zero-order valence-corrected chi connectivity index (χ0v) is 18.5. The van der Waals surface area contributed by atoms with Gasteiger partial charge in [-0.05, 0) is 69.4 Å². The number of hydrogen-bond donors (Lipinski definition) is 0. The van der Waals surface area contributed by atoms with Crippen molar-refractivity contribution in [1.82, 2.24) is 14.5 Å². The van der Waals surface area contributed by atoms with Crippen LogP contribution in [0.15, 0.2) is 52.4 Å². The Morgan fingerprint density at radius 2 is 1.80 bits per heavy atom. The van der Waals surface area contributed by atoms with E-state index in [4.69, 9.17) is 4.98 Å². The summed E-state index contributed by atoms with van der Waals surface area (Å²) in [6, 6.07) is 13.5. The lowest BCUT2D eigenvalue weighted by atomic mass is 10.1. The molecule has 1 atom stereocenters. The summed E-state index contributed by atoms with van der Waals surface area (Å²) in [6.07, 6.45) is 3.30. The van der Waals surface area contributed by atoms with Gasteiger partial charge >= 0.3 is 0 Å². The van der Waals surface area contributed by atoms with Crippen molar-refractivity contribution >= 4 is 28.6 Å². The van der Waals surface area contributed by atoms with Crippen molar-refractivity contribution < 1.29 is 4.79 Å². The Labute approximate surface area is 181 Å². The second-order valence-corrected chi connectivity index (χ2v) is 9.30. The van der Waals surface area contributed by atoms with E-state index in [1.165, 1.54) is 18.2 Å². The van der Waals surface area contributed by atoms with E-state index in [9.17, 15) is 9.59 Å². The number of benzene rings is 2. The van der Waals surface area contributed by atoms with E-state index < -0.39 is 0 Å². The minimum Gasteiger partial charge on any atom is -0.342 e. The normalized spacial score (nSPS) is 15.4. The number of thioether (sulfide) groups is 1. The van der Waals surface area contributed by atoms with Crippen LogP contribution in [0, 0.1) is 13.8 Å². The SMILES string of the molecule is Cc1ccc(C)c(-n2c(SC(C)C(=O)N3CCCCC3)nc3ccccc3c2=O)c1. The number of aryl methyl sites for hydroxylation is 2. The molecule has 1 saturated heterocycles. The zero-order valence-electron chi connectivity index (χ0n) is 17.7. The van der Waals surface area contributed by atoms with Crippen LogP contribution >= 0.6 is 11.8 Å². The van der Waals surface area contributed by atoms with Crippen molar-refractivity contribution in [2.24, 2.45) is 0 Å². The summed E-state index contributed by atoms with van der Waals surface area (Å²) >= 11 is 1.37. The molecule has 3 aromatic rings. The van der Waals surface area contributed by atoms with Crippen molar-refractivity contribution in [2.75, 3.05) is 13.1 Å². The lowest BCUT2D eigenvalue weighted by Crippen LogP contribution is -2.40. The molecule has 1 aromatic heterocycles. The number of fused-ring (bicyclic) bond motifs is 1. The topological polar surface area (TPSA) is 55.2 Å². The minimum atomic E-state index is -0.312. The van der Waals surface area contributed by atoms with Gasteiger partial charge in [-0.1, -0.05) is 36.0 Å². The molecule has 1 amide bonds. The van der Waals surface area contributed by atoms with Gasteiger partial charge in [-0.2, -0.15) is 0 Å². The first-order valence-corrected chi connectivity index (χ1v) is 11.4. The third kappa shape index (κ3) is 4.01.